The second kappa shape index (κ2) is 6.29. The Morgan fingerprint density at radius 2 is 1.95 bits per heavy atom. The number of para-hydroxylation sites is 1. The van der Waals surface area contributed by atoms with Gasteiger partial charge in [-0.15, -0.1) is 0 Å². The number of aromatic nitrogens is 1. The molecule has 0 fully saturated rings. The van der Waals surface area contributed by atoms with E-state index >= 15 is 0 Å². The van der Waals surface area contributed by atoms with Crippen molar-refractivity contribution in [2.75, 3.05) is 18.5 Å². The maximum Gasteiger partial charge on any atom is 0.170 e. The number of rotatable bonds is 5. The lowest BCUT2D eigenvalue weighted by molar-refractivity contribution is 0.588. The minimum atomic E-state index is -0.269. The molecule has 0 bridgehead atoms. The molecule has 0 aliphatic carbocycles. The quantitative estimate of drug-likeness (QED) is 0.894. The first-order valence-electron chi connectivity index (χ1n) is 6.37. The fourth-order valence-corrected chi connectivity index (χ4v) is 1.88. The highest BCUT2D eigenvalue weighted by molar-refractivity contribution is 5.59. The molecule has 0 saturated carbocycles. The van der Waals surface area contributed by atoms with Crippen LogP contribution in [0.4, 0.5) is 15.9 Å². The normalized spacial score (nSPS) is 10.5. The molecule has 0 atom stereocenters. The zero-order valence-corrected chi connectivity index (χ0v) is 11.2. The van der Waals surface area contributed by atoms with Gasteiger partial charge < -0.3 is 10.2 Å². The Hall–Kier alpha value is -1.94. The number of benzene rings is 1. The average molecular weight is 259 g/mol. The molecule has 1 aromatic carbocycles. The summed E-state index contributed by atoms with van der Waals surface area (Å²) < 4.78 is 14.4. The Bertz CT molecular complexity index is 528. The molecule has 4 heteroatoms. The van der Waals surface area contributed by atoms with Crippen LogP contribution in [-0.4, -0.2) is 18.6 Å². The predicted octanol–water partition coefficient (Wildman–Crippen LogP) is 3.10. The predicted molar refractivity (Wildman–Crippen MR) is 76.1 cm³/mol. The third-order valence-electron chi connectivity index (χ3n) is 2.98. The minimum Gasteiger partial charge on any atom is -0.327 e. The first kappa shape index (κ1) is 13.5. The van der Waals surface area contributed by atoms with E-state index in [9.17, 15) is 4.39 Å². The van der Waals surface area contributed by atoms with E-state index in [0.717, 1.165) is 12.2 Å². The van der Waals surface area contributed by atoms with E-state index in [1.807, 2.05) is 44.3 Å². The van der Waals surface area contributed by atoms with Crippen molar-refractivity contribution >= 4 is 11.5 Å². The van der Waals surface area contributed by atoms with Gasteiger partial charge in [0.25, 0.3) is 0 Å². The van der Waals surface area contributed by atoms with Crippen LogP contribution in [0.1, 0.15) is 12.5 Å². The van der Waals surface area contributed by atoms with Gasteiger partial charge in [-0.1, -0.05) is 25.1 Å². The lowest BCUT2D eigenvalue weighted by atomic mass is 10.2. The fraction of sp³-hybridized carbons (Fsp3) is 0.267. The molecule has 0 aliphatic heterocycles. The van der Waals surface area contributed by atoms with Crippen molar-refractivity contribution in [2.24, 2.45) is 0 Å². The Balaban J connectivity index is 2.29. The molecule has 0 spiro atoms. The van der Waals surface area contributed by atoms with E-state index in [-0.39, 0.29) is 5.82 Å². The molecule has 0 radical (unpaired) electrons. The van der Waals surface area contributed by atoms with Crippen molar-refractivity contribution in [1.29, 1.82) is 0 Å². The van der Waals surface area contributed by atoms with Gasteiger partial charge in [0.1, 0.15) is 0 Å². The summed E-state index contributed by atoms with van der Waals surface area (Å²) in [6.07, 6.45) is 1.64. The Morgan fingerprint density at radius 3 is 2.63 bits per heavy atom. The number of anilines is 2. The molecule has 100 valence electrons. The Kier molecular flexibility index (Phi) is 4.47. The highest BCUT2D eigenvalue weighted by Crippen LogP contribution is 2.25. The van der Waals surface area contributed by atoms with Gasteiger partial charge in [-0.3, -0.25) is 0 Å². The number of hydrogen-bond donors (Lipinski definition) is 1. The Labute approximate surface area is 113 Å². The molecule has 1 N–H and O–H groups in total. The first-order valence-corrected chi connectivity index (χ1v) is 6.37. The lowest BCUT2D eigenvalue weighted by Gasteiger charge is -2.19. The average Bonchev–Trinajstić information content (AvgIpc) is 2.46. The van der Waals surface area contributed by atoms with Gasteiger partial charge in [-0.2, -0.15) is 0 Å². The molecular formula is C15H18FN3. The summed E-state index contributed by atoms with van der Waals surface area (Å²) in [7, 11) is 1.82. The maximum absolute atomic E-state index is 14.4. The van der Waals surface area contributed by atoms with Gasteiger partial charge in [-0.25, -0.2) is 9.37 Å². The summed E-state index contributed by atoms with van der Waals surface area (Å²) in [6, 6.07) is 11.3. The smallest absolute Gasteiger partial charge is 0.170 e. The molecule has 0 amide bonds. The fourth-order valence-electron chi connectivity index (χ4n) is 1.88. The van der Waals surface area contributed by atoms with Crippen LogP contribution in [0.3, 0.4) is 0 Å². The summed E-state index contributed by atoms with van der Waals surface area (Å²) in [5.41, 5.74) is 1.55. The van der Waals surface area contributed by atoms with Crippen LogP contribution in [0.25, 0.3) is 0 Å². The van der Waals surface area contributed by atoms with Crippen molar-refractivity contribution in [3.8, 4) is 0 Å². The van der Waals surface area contributed by atoms with Gasteiger partial charge in [0.2, 0.25) is 0 Å². The number of hydrogen-bond acceptors (Lipinski definition) is 3. The standard InChI is InChI=1S/C15H18FN3/c1-3-17-11-12-9-10-18-15(14(12)16)19(2)13-7-5-4-6-8-13/h4-10,17H,3,11H2,1-2H3. The van der Waals surface area contributed by atoms with Crippen LogP contribution < -0.4 is 10.2 Å². The molecule has 1 heterocycles. The molecule has 0 unspecified atom stereocenters. The highest BCUT2D eigenvalue weighted by Gasteiger charge is 2.14. The molecular weight excluding hydrogens is 241 g/mol. The van der Waals surface area contributed by atoms with Crippen LogP contribution in [-0.2, 0) is 6.54 Å². The Morgan fingerprint density at radius 1 is 1.21 bits per heavy atom. The second-order valence-corrected chi connectivity index (χ2v) is 4.28. The summed E-state index contributed by atoms with van der Waals surface area (Å²) in [6.45, 7) is 3.32. The van der Waals surface area contributed by atoms with Crippen LogP contribution in [0.2, 0.25) is 0 Å². The number of nitrogens with one attached hydrogen (secondary N) is 1. The summed E-state index contributed by atoms with van der Waals surface area (Å²) in [5.74, 6) is 0.0800. The lowest BCUT2D eigenvalue weighted by Crippen LogP contribution is -2.17. The molecule has 0 aliphatic rings. The molecule has 3 nitrogen and oxygen atoms in total. The van der Waals surface area contributed by atoms with E-state index in [0.29, 0.717) is 17.9 Å². The van der Waals surface area contributed by atoms with Gasteiger partial charge in [0.05, 0.1) is 0 Å². The number of nitrogens with zero attached hydrogens (tertiary/aromatic N) is 2. The van der Waals surface area contributed by atoms with Gasteiger partial charge in [0, 0.05) is 31.0 Å². The van der Waals surface area contributed by atoms with Crippen molar-refractivity contribution in [3.63, 3.8) is 0 Å². The van der Waals surface area contributed by atoms with Gasteiger partial charge >= 0.3 is 0 Å². The molecule has 1 aromatic heterocycles. The summed E-state index contributed by atoms with van der Waals surface area (Å²) in [4.78, 5) is 5.90. The van der Waals surface area contributed by atoms with Crippen molar-refractivity contribution in [1.82, 2.24) is 10.3 Å². The second-order valence-electron chi connectivity index (χ2n) is 4.28. The maximum atomic E-state index is 14.4. The van der Waals surface area contributed by atoms with Crippen molar-refractivity contribution in [2.45, 2.75) is 13.5 Å². The third kappa shape index (κ3) is 3.09. The molecule has 2 rings (SSSR count). The van der Waals surface area contributed by atoms with Gasteiger partial charge in [-0.05, 0) is 24.7 Å². The van der Waals surface area contributed by atoms with Crippen LogP contribution in [0.15, 0.2) is 42.6 Å². The third-order valence-corrected chi connectivity index (χ3v) is 2.98. The van der Waals surface area contributed by atoms with E-state index in [2.05, 4.69) is 10.3 Å². The van der Waals surface area contributed by atoms with Crippen LogP contribution in [0, 0.1) is 5.82 Å². The van der Waals surface area contributed by atoms with Crippen LogP contribution in [0.5, 0.6) is 0 Å². The molecule has 19 heavy (non-hydrogen) atoms. The van der Waals surface area contributed by atoms with E-state index in [1.54, 1.807) is 17.2 Å². The zero-order chi connectivity index (χ0) is 13.7. The van der Waals surface area contributed by atoms with Crippen molar-refractivity contribution < 1.29 is 4.39 Å². The van der Waals surface area contributed by atoms with Gasteiger partial charge in [0.15, 0.2) is 11.6 Å². The monoisotopic (exact) mass is 259 g/mol. The van der Waals surface area contributed by atoms with E-state index < -0.39 is 0 Å². The SMILES string of the molecule is CCNCc1ccnc(N(C)c2ccccc2)c1F. The summed E-state index contributed by atoms with van der Waals surface area (Å²) in [5, 5.41) is 3.12. The first-order chi connectivity index (χ1) is 9.24. The van der Waals surface area contributed by atoms with E-state index in [1.165, 1.54) is 0 Å². The minimum absolute atomic E-state index is 0.269. The molecule has 0 saturated heterocycles. The highest BCUT2D eigenvalue weighted by atomic mass is 19.1. The summed E-state index contributed by atoms with van der Waals surface area (Å²) >= 11 is 0. The van der Waals surface area contributed by atoms with Crippen molar-refractivity contribution in [3.05, 3.63) is 54.0 Å². The molecule has 2 aromatic rings. The largest absolute Gasteiger partial charge is 0.327 e. The zero-order valence-electron chi connectivity index (χ0n) is 11.2. The van der Waals surface area contributed by atoms with Crippen LogP contribution >= 0.6 is 0 Å². The number of pyridine rings is 1. The topological polar surface area (TPSA) is 28.2 Å². The number of halogens is 1. The van der Waals surface area contributed by atoms with E-state index in [4.69, 9.17) is 0 Å².